The molecule has 0 saturated heterocycles. The van der Waals surface area contributed by atoms with E-state index in [2.05, 4.69) is 5.32 Å². The molecule has 1 saturated carbocycles. The van der Waals surface area contributed by atoms with Crippen molar-refractivity contribution >= 4 is 35.0 Å². The standard InChI is InChI=1S/C31H32Cl2N2O4/c32-25-11-6-12-26(33)24(25)19-35(30(36)16-14-22-13-15-28-29(18-22)39-20-38-28)27(17-21-7-2-1-3-8-21)31(37)34-23-9-4-5-10-23/h1-3,6-8,11-13,15,18,23,27H,4-5,9-10,14,16-17,19-20H2,(H,34,37)/t27-/m0/s1. The van der Waals surface area contributed by atoms with Crippen LogP contribution in [0, 0.1) is 0 Å². The Morgan fingerprint density at radius 2 is 1.62 bits per heavy atom. The maximum atomic E-state index is 14.0. The molecule has 39 heavy (non-hydrogen) atoms. The Kier molecular flexibility index (Phi) is 8.95. The molecule has 204 valence electrons. The average molecular weight is 568 g/mol. The molecule has 5 rings (SSSR count). The maximum Gasteiger partial charge on any atom is 0.243 e. The Bertz CT molecular complexity index is 1290. The van der Waals surface area contributed by atoms with Gasteiger partial charge in [0.2, 0.25) is 18.6 Å². The minimum Gasteiger partial charge on any atom is -0.454 e. The lowest BCUT2D eigenvalue weighted by Gasteiger charge is -2.33. The Morgan fingerprint density at radius 3 is 2.36 bits per heavy atom. The highest BCUT2D eigenvalue weighted by Crippen LogP contribution is 2.33. The van der Waals surface area contributed by atoms with Gasteiger partial charge < -0.3 is 19.7 Å². The topological polar surface area (TPSA) is 67.9 Å². The number of carbonyl (C=O) groups excluding carboxylic acids is 2. The lowest BCUT2D eigenvalue weighted by Crippen LogP contribution is -2.52. The van der Waals surface area contributed by atoms with Crippen LogP contribution in [0.2, 0.25) is 10.0 Å². The Hall–Kier alpha value is -3.22. The van der Waals surface area contributed by atoms with Gasteiger partial charge in [-0.25, -0.2) is 0 Å². The number of hydrogen-bond donors (Lipinski definition) is 1. The van der Waals surface area contributed by atoms with E-state index in [1.54, 1.807) is 23.1 Å². The van der Waals surface area contributed by atoms with Crippen LogP contribution in [-0.2, 0) is 29.0 Å². The second kappa shape index (κ2) is 12.8. The minimum atomic E-state index is -0.718. The minimum absolute atomic E-state index is 0.130. The smallest absolute Gasteiger partial charge is 0.243 e. The summed E-state index contributed by atoms with van der Waals surface area (Å²) < 4.78 is 10.9. The molecule has 1 aliphatic heterocycles. The van der Waals surface area contributed by atoms with Crippen molar-refractivity contribution in [2.24, 2.45) is 0 Å². The first-order valence-corrected chi connectivity index (χ1v) is 14.2. The Balaban J connectivity index is 1.43. The SMILES string of the molecule is O=C(NC1CCCC1)[C@H](Cc1ccccc1)N(Cc1c(Cl)cccc1Cl)C(=O)CCc1ccc2c(c1)OCO2. The number of amides is 2. The molecule has 1 heterocycles. The van der Waals surface area contributed by atoms with Crippen LogP contribution in [0.5, 0.6) is 11.5 Å². The van der Waals surface area contributed by atoms with Crippen molar-refractivity contribution in [1.29, 1.82) is 0 Å². The number of ether oxygens (including phenoxy) is 2. The molecule has 6 nitrogen and oxygen atoms in total. The highest BCUT2D eigenvalue weighted by atomic mass is 35.5. The van der Waals surface area contributed by atoms with Crippen molar-refractivity contribution in [2.45, 2.75) is 63.6 Å². The van der Waals surface area contributed by atoms with E-state index in [1.807, 2.05) is 48.5 Å². The average Bonchev–Trinajstić information content (AvgIpc) is 3.63. The van der Waals surface area contributed by atoms with Crippen LogP contribution in [0.25, 0.3) is 0 Å². The monoisotopic (exact) mass is 566 g/mol. The van der Waals surface area contributed by atoms with Gasteiger partial charge in [-0.05, 0) is 54.7 Å². The number of aryl methyl sites for hydroxylation is 1. The molecule has 2 aliphatic rings. The summed E-state index contributed by atoms with van der Waals surface area (Å²) in [6.07, 6.45) is 5.20. The van der Waals surface area contributed by atoms with E-state index in [9.17, 15) is 9.59 Å². The van der Waals surface area contributed by atoms with Crippen molar-refractivity contribution in [1.82, 2.24) is 10.2 Å². The second-order valence-corrected chi connectivity index (χ2v) is 10.9. The van der Waals surface area contributed by atoms with E-state index in [-0.39, 0.29) is 37.6 Å². The van der Waals surface area contributed by atoms with E-state index in [0.29, 0.717) is 39.9 Å². The molecule has 0 radical (unpaired) electrons. The van der Waals surface area contributed by atoms with Gasteiger partial charge in [0, 0.05) is 41.0 Å². The van der Waals surface area contributed by atoms with Crippen molar-refractivity contribution in [2.75, 3.05) is 6.79 Å². The molecule has 1 aliphatic carbocycles. The first-order chi connectivity index (χ1) is 19.0. The summed E-state index contributed by atoms with van der Waals surface area (Å²) in [7, 11) is 0. The van der Waals surface area contributed by atoms with Gasteiger partial charge in [-0.2, -0.15) is 0 Å². The molecule has 0 spiro atoms. The fourth-order valence-electron chi connectivity index (χ4n) is 5.27. The van der Waals surface area contributed by atoms with Gasteiger partial charge in [0.15, 0.2) is 11.5 Å². The number of fused-ring (bicyclic) bond motifs is 1. The van der Waals surface area contributed by atoms with Gasteiger partial charge in [-0.3, -0.25) is 9.59 Å². The number of nitrogens with one attached hydrogen (secondary N) is 1. The van der Waals surface area contributed by atoms with Crippen molar-refractivity contribution in [3.05, 3.63) is 93.5 Å². The highest BCUT2D eigenvalue weighted by molar-refractivity contribution is 6.36. The predicted octanol–water partition coefficient (Wildman–Crippen LogP) is 6.35. The largest absolute Gasteiger partial charge is 0.454 e. The molecule has 3 aromatic carbocycles. The zero-order valence-corrected chi connectivity index (χ0v) is 23.2. The second-order valence-electron chi connectivity index (χ2n) is 10.1. The van der Waals surface area contributed by atoms with Crippen molar-refractivity contribution in [3.8, 4) is 11.5 Å². The maximum absolute atomic E-state index is 14.0. The fourth-order valence-corrected chi connectivity index (χ4v) is 5.78. The summed E-state index contributed by atoms with van der Waals surface area (Å²) in [5, 5.41) is 4.15. The highest BCUT2D eigenvalue weighted by Gasteiger charge is 2.33. The van der Waals surface area contributed by atoms with E-state index >= 15 is 0 Å². The van der Waals surface area contributed by atoms with Gasteiger partial charge >= 0.3 is 0 Å². The van der Waals surface area contributed by atoms with E-state index < -0.39 is 6.04 Å². The third-order valence-corrected chi connectivity index (χ3v) is 8.14. The molecular weight excluding hydrogens is 535 g/mol. The molecule has 2 amide bonds. The lowest BCUT2D eigenvalue weighted by atomic mass is 10.0. The summed E-state index contributed by atoms with van der Waals surface area (Å²) in [4.78, 5) is 29.4. The third kappa shape index (κ3) is 6.87. The first-order valence-electron chi connectivity index (χ1n) is 13.4. The molecule has 1 N–H and O–H groups in total. The molecule has 1 atom stereocenters. The summed E-state index contributed by atoms with van der Waals surface area (Å²) in [6, 6.07) is 20.2. The van der Waals surface area contributed by atoms with Gasteiger partial charge in [-0.15, -0.1) is 0 Å². The van der Waals surface area contributed by atoms with Crippen LogP contribution in [0.4, 0.5) is 0 Å². The number of benzene rings is 3. The van der Waals surface area contributed by atoms with Crippen molar-refractivity contribution < 1.29 is 19.1 Å². The molecule has 0 bridgehead atoms. The van der Waals surface area contributed by atoms with Crippen LogP contribution in [-0.4, -0.2) is 35.6 Å². The quantitative estimate of drug-likeness (QED) is 0.310. The molecule has 0 unspecified atom stereocenters. The van der Waals surface area contributed by atoms with Crippen LogP contribution in [0.1, 0.15) is 48.8 Å². The van der Waals surface area contributed by atoms with E-state index in [0.717, 1.165) is 36.8 Å². The summed E-state index contributed by atoms with van der Waals surface area (Å²) in [6.45, 7) is 0.329. The van der Waals surface area contributed by atoms with Crippen molar-refractivity contribution in [3.63, 3.8) is 0 Å². The fraction of sp³-hybridized carbons (Fsp3) is 0.355. The summed E-state index contributed by atoms with van der Waals surface area (Å²) in [5.41, 5.74) is 2.56. The predicted molar refractivity (Wildman–Crippen MR) is 152 cm³/mol. The number of carbonyl (C=O) groups is 2. The van der Waals surface area contributed by atoms with Crippen LogP contribution < -0.4 is 14.8 Å². The number of hydrogen-bond acceptors (Lipinski definition) is 4. The first kappa shape index (κ1) is 27.4. The zero-order valence-electron chi connectivity index (χ0n) is 21.7. The lowest BCUT2D eigenvalue weighted by molar-refractivity contribution is -0.141. The summed E-state index contributed by atoms with van der Waals surface area (Å²) in [5.74, 6) is 1.08. The zero-order chi connectivity index (χ0) is 27.2. The van der Waals surface area contributed by atoms with Gasteiger partial charge in [0.1, 0.15) is 6.04 Å². The Labute approximate surface area is 239 Å². The van der Waals surface area contributed by atoms with Gasteiger partial charge in [-0.1, -0.05) is 78.5 Å². The van der Waals surface area contributed by atoms with E-state index in [1.165, 1.54) is 0 Å². The Morgan fingerprint density at radius 1 is 0.897 bits per heavy atom. The molecule has 0 aromatic heterocycles. The molecular formula is C31H32Cl2N2O4. The molecule has 1 fully saturated rings. The van der Waals surface area contributed by atoms with Crippen LogP contribution >= 0.6 is 23.2 Å². The molecule has 3 aromatic rings. The van der Waals surface area contributed by atoms with E-state index in [4.69, 9.17) is 32.7 Å². The molecule has 8 heteroatoms. The summed E-state index contributed by atoms with van der Waals surface area (Å²) >= 11 is 13.1. The van der Waals surface area contributed by atoms with Crippen LogP contribution in [0.15, 0.2) is 66.7 Å². The number of rotatable bonds is 10. The van der Waals surface area contributed by atoms with Gasteiger partial charge in [0.05, 0.1) is 0 Å². The number of nitrogens with zero attached hydrogens (tertiary/aromatic N) is 1. The number of halogens is 2. The normalized spacial score (nSPS) is 15.2. The third-order valence-electron chi connectivity index (χ3n) is 7.43. The van der Waals surface area contributed by atoms with Gasteiger partial charge in [0.25, 0.3) is 0 Å². The van der Waals surface area contributed by atoms with Crippen LogP contribution in [0.3, 0.4) is 0 Å².